The highest BCUT2D eigenvalue weighted by molar-refractivity contribution is 5.89. The summed E-state index contributed by atoms with van der Waals surface area (Å²) in [5.74, 6) is -0.0628. The summed E-state index contributed by atoms with van der Waals surface area (Å²) in [6, 6.07) is 14.7. The number of aromatic amines is 1. The summed E-state index contributed by atoms with van der Waals surface area (Å²) in [5.41, 5.74) is 2.05. The fourth-order valence-electron chi connectivity index (χ4n) is 4.83. The number of nitrogens with one attached hydrogen (secondary N) is 1. The minimum atomic E-state index is -4.83. The molecule has 224 valence electrons. The number of nitrogens with zero attached hydrogens (tertiary/aromatic N) is 6. The zero-order chi connectivity index (χ0) is 30.7. The van der Waals surface area contributed by atoms with E-state index in [-0.39, 0.29) is 24.6 Å². The van der Waals surface area contributed by atoms with Crippen molar-refractivity contribution in [1.82, 2.24) is 29.3 Å². The number of hydrogen-bond donors (Lipinski definition) is 1. The van der Waals surface area contributed by atoms with Crippen LogP contribution < -0.4 is 11.3 Å². The summed E-state index contributed by atoms with van der Waals surface area (Å²) >= 11 is 0. The highest BCUT2D eigenvalue weighted by Gasteiger charge is 2.38. The molecule has 5 rings (SSSR count). The Kier molecular flexibility index (Phi) is 8.28. The van der Waals surface area contributed by atoms with Gasteiger partial charge in [0.15, 0.2) is 11.5 Å². The van der Waals surface area contributed by atoms with Gasteiger partial charge in [-0.2, -0.15) is 23.3 Å². The number of rotatable bonds is 10. The second-order valence-electron chi connectivity index (χ2n) is 9.75. The lowest BCUT2D eigenvalue weighted by atomic mass is 9.96. The number of benzene rings is 2. The first kappa shape index (κ1) is 29.5. The van der Waals surface area contributed by atoms with E-state index in [1.54, 1.807) is 13.0 Å². The predicted molar refractivity (Wildman–Crippen MR) is 152 cm³/mol. The van der Waals surface area contributed by atoms with Crippen molar-refractivity contribution in [3.05, 3.63) is 92.1 Å². The monoisotopic (exact) mass is 595 g/mol. The average Bonchev–Trinajstić information content (AvgIpc) is 3.59. The second-order valence-corrected chi connectivity index (χ2v) is 9.75. The number of fused-ring (bicyclic) bond motifs is 1. The van der Waals surface area contributed by atoms with Gasteiger partial charge < -0.3 is 4.84 Å². The van der Waals surface area contributed by atoms with E-state index in [0.29, 0.717) is 35.5 Å². The standard InChI is InChI=1S/C29H28F3N7O4/c1-4-8-23-22(26(40)38(27-33-17(3)35-39(23)27)16-24(29(30,31)32)36-42-5-2)15-18-11-13-19(14-12-18)20-9-6-7-10-21(20)25-34-28(41)43-37-25/h6-7,9-14H,4-5,8,15-16H2,1-3H3,(H,34,37,41)/b36-24+. The van der Waals surface area contributed by atoms with Crippen LogP contribution in [-0.4, -0.2) is 47.8 Å². The summed E-state index contributed by atoms with van der Waals surface area (Å²) < 4.78 is 48.6. The molecule has 3 heterocycles. The number of aromatic nitrogens is 6. The number of H-pyrrole nitrogens is 1. The Labute approximate surface area is 242 Å². The molecule has 0 radical (unpaired) electrons. The lowest BCUT2D eigenvalue weighted by Gasteiger charge is -2.17. The summed E-state index contributed by atoms with van der Waals surface area (Å²) in [7, 11) is 0. The number of alkyl halides is 3. The van der Waals surface area contributed by atoms with Gasteiger partial charge in [0, 0.05) is 17.5 Å². The van der Waals surface area contributed by atoms with Crippen molar-refractivity contribution in [3.63, 3.8) is 0 Å². The average molecular weight is 596 g/mol. The molecule has 0 saturated heterocycles. The van der Waals surface area contributed by atoms with Gasteiger partial charge in [-0.25, -0.2) is 9.31 Å². The lowest BCUT2D eigenvalue weighted by molar-refractivity contribution is -0.0644. The van der Waals surface area contributed by atoms with E-state index in [9.17, 15) is 22.8 Å². The number of aryl methyl sites for hydroxylation is 2. The minimum Gasteiger partial charge on any atom is -0.396 e. The van der Waals surface area contributed by atoms with E-state index in [1.807, 2.05) is 49.4 Å². The zero-order valence-electron chi connectivity index (χ0n) is 23.6. The fraction of sp³-hybridized carbons (Fsp3) is 0.310. The van der Waals surface area contributed by atoms with Crippen LogP contribution in [0.25, 0.3) is 28.3 Å². The minimum absolute atomic E-state index is 0.000927. The molecule has 11 nitrogen and oxygen atoms in total. The van der Waals surface area contributed by atoms with Crippen LogP contribution in [0.3, 0.4) is 0 Å². The molecule has 0 atom stereocenters. The summed E-state index contributed by atoms with van der Waals surface area (Å²) in [6.45, 7) is 4.12. The number of halogens is 3. The smallest absolute Gasteiger partial charge is 0.396 e. The molecule has 43 heavy (non-hydrogen) atoms. The van der Waals surface area contributed by atoms with Crippen molar-refractivity contribution >= 4 is 11.5 Å². The largest absolute Gasteiger partial charge is 0.439 e. The molecule has 0 spiro atoms. The Morgan fingerprint density at radius 1 is 1.07 bits per heavy atom. The van der Waals surface area contributed by atoms with Crippen LogP contribution in [0, 0.1) is 6.92 Å². The SMILES string of the molecule is CCCc1c(Cc2ccc(-c3ccccc3-c3noc(=O)[nH]3)cc2)c(=O)n(C/C(=N\OCC)C(F)(F)F)c2nc(C)nn12. The van der Waals surface area contributed by atoms with Crippen molar-refractivity contribution in [3.8, 4) is 22.5 Å². The number of hydrogen-bond acceptors (Lipinski definition) is 8. The van der Waals surface area contributed by atoms with Crippen LogP contribution in [0.1, 0.15) is 42.9 Å². The van der Waals surface area contributed by atoms with Gasteiger partial charge in [-0.15, -0.1) is 0 Å². The van der Waals surface area contributed by atoms with E-state index in [4.69, 9.17) is 4.84 Å². The molecule has 0 amide bonds. The van der Waals surface area contributed by atoms with Crippen LogP contribution in [0.2, 0.25) is 0 Å². The Morgan fingerprint density at radius 2 is 1.79 bits per heavy atom. The number of oxime groups is 1. The van der Waals surface area contributed by atoms with Gasteiger partial charge in [0.05, 0.1) is 12.2 Å². The molecule has 0 aliphatic heterocycles. The highest BCUT2D eigenvalue weighted by Crippen LogP contribution is 2.30. The van der Waals surface area contributed by atoms with Crippen molar-refractivity contribution in [2.24, 2.45) is 5.16 Å². The molecule has 0 fully saturated rings. The summed E-state index contributed by atoms with van der Waals surface area (Å²) in [5, 5.41) is 11.5. The molecule has 0 aliphatic rings. The highest BCUT2D eigenvalue weighted by atomic mass is 19.4. The van der Waals surface area contributed by atoms with Gasteiger partial charge in [-0.1, -0.05) is 72.2 Å². The second kappa shape index (κ2) is 12.1. The van der Waals surface area contributed by atoms with Gasteiger partial charge >= 0.3 is 11.9 Å². The van der Waals surface area contributed by atoms with Gasteiger partial charge in [-0.05, 0) is 37.0 Å². The van der Waals surface area contributed by atoms with Crippen molar-refractivity contribution < 1.29 is 22.5 Å². The third-order valence-electron chi connectivity index (χ3n) is 6.74. The molecular formula is C29H28F3N7O4. The molecule has 0 aliphatic carbocycles. The maximum atomic E-state index is 13.9. The molecular weight excluding hydrogens is 567 g/mol. The maximum Gasteiger partial charge on any atom is 0.439 e. The molecule has 3 aromatic heterocycles. The molecule has 14 heteroatoms. The first-order valence-electron chi connectivity index (χ1n) is 13.6. The van der Waals surface area contributed by atoms with Crippen molar-refractivity contribution in [2.45, 2.75) is 52.8 Å². The van der Waals surface area contributed by atoms with E-state index < -0.39 is 29.7 Å². The van der Waals surface area contributed by atoms with Gasteiger partial charge in [-0.3, -0.25) is 18.9 Å². The summed E-state index contributed by atoms with van der Waals surface area (Å²) in [6.07, 6.45) is -3.55. The Bertz CT molecular complexity index is 1900. The van der Waals surface area contributed by atoms with Gasteiger partial charge in [0.25, 0.3) is 5.56 Å². The Morgan fingerprint density at radius 3 is 2.42 bits per heavy atom. The topological polar surface area (TPSA) is 133 Å². The molecule has 0 saturated carbocycles. The molecule has 0 bridgehead atoms. The van der Waals surface area contributed by atoms with Crippen LogP contribution in [0.15, 0.2) is 67.8 Å². The first-order chi connectivity index (χ1) is 20.6. The molecule has 5 aromatic rings. The normalized spacial score (nSPS) is 12.3. The zero-order valence-corrected chi connectivity index (χ0v) is 23.6. The molecule has 0 unspecified atom stereocenters. The Balaban J connectivity index is 1.57. The van der Waals surface area contributed by atoms with Crippen molar-refractivity contribution in [2.75, 3.05) is 6.61 Å². The summed E-state index contributed by atoms with van der Waals surface area (Å²) in [4.78, 5) is 36.9. The van der Waals surface area contributed by atoms with Crippen LogP contribution in [0.5, 0.6) is 0 Å². The van der Waals surface area contributed by atoms with Crippen LogP contribution >= 0.6 is 0 Å². The third-order valence-corrected chi connectivity index (χ3v) is 6.74. The van der Waals surface area contributed by atoms with E-state index in [1.165, 1.54) is 11.4 Å². The van der Waals surface area contributed by atoms with Crippen LogP contribution in [-0.2, 0) is 24.2 Å². The van der Waals surface area contributed by atoms with Gasteiger partial charge in [0.1, 0.15) is 12.4 Å². The third kappa shape index (κ3) is 6.12. The molecule has 1 N–H and O–H groups in total. The predicted octanol–water partition coefficient (Wildman–Crippen LogP) is 4.71. The molecule has 2 aromatic carbocycles. The first-order valence-corrected chi connectivity index (χ1v) is 13.6. The van der Waals surface area contributed by atoms with Crippen molar-refractivity contribution in [1.29, 1.82) is 0 Å². The van der Waals surface area contributed by atoms with Gasteiger partial charge in [0.2, 0.25) is 5.78 Å². The van der Waals surface area contributed by atoms with E-state index >= 15 is 0 Å². The van der Waals surface area contributed by atoms with E-state index in [2.05, 4.69) is 29.9 Å². The lowest BCUT2D eigenvalue weighted by Crippen LogP contribution is -2.36. The maximum absolute atomic E-state index is 13.9. The Hall–Kier alpha value is -5.01. The van der Waals surface area contributed by atoms with E-state index in [0.717, 1.165) is 21.3 Å². The van der Waals surface area contributed by atoms with Crippen LogP contribution in [0.4, 0.5) is 13.2 Å². The quantitative estimate of drug-likeness (QED) is 0.183. The fourth-order valence-corrected chi connectivity index (χ4v) is 4.83.